The van der Waals surface area contributed by atoms with Crippen molar-refractivity contribution in [2.75, 3.05) is 26.7 Å². The monoisotopic (exact) mass is 515 g/mol. The third-order valence-corrected chi connectivity index (χ3v) is 9.01. The maximum absolute atomic E-state index is 14.5. The lowest BCUT2D eigenvalue weighted by Crippen LogP contribution is -2.60. The molecule has 37 heavy (non-hydrogen) atoms. The van der Waals surface area contributed by atoms with E-state index >= 15 is 0 Å². The third kappa shape index (κ3) is 4.76. The van der Waals surface area contributed by atoms with Crippen LogP contribution in [0.3, 0.4) is 0 Å². The first-order valence-electron chi connectivity index (χ1n) is 14.1. The summed E-state index contributed by atoms with van der Waals surface area (Å²) >= 11 is 0. The van der Waals surface area contributed by atoms with Crippen LogP contribution in [0, 0.1) is 17.8 Å². The number of carbonyl (C=O) groups is 3. The van der Waals surface area contributed by atoms with Crippen LogP contribution in [-0.4, -0.2) is 94.1 Å². The van der Waals surface area contributed by atoms with Gasteiger partial charge in [0.25, 0.3) is 0 Å². The van der Waals surface area contributed by atoms with Crippen molar-refractivity contribution >= 4 is 17.7 Å². The van der Waals surface area contributed by atoms with Crippen LogP contribution in [0.4, 0.5) is 0 Å². The van der Waals surface area contributed by atoms with Crippen molar-refractivity contribution in [2.24, 2.45) is 17.8 Å². The number of hydrogen-bond acceptors (Lipinski definition) is 5. The molecule has 3 aliphatic heterocycles. The van der Waals surface area contributed by atoms with E-state index in [4.69, 9.17) is 4.74 Å². The Hall–Kier alpha value is -2.19. The molecule has 3 amide bonds. The average molecular weight is 516 g/mol. The van der Waals surface area contributed by atoms with Crippen LogP contribution in [0.5, 0.6) is 0 Å². The van der Waals surface area contributed by atoms with E-state index in [1.807, 2.05) is 18.7 Å². The molecule has 6 atom stereocenters. The summed E-state index contributed by atoms with van der Waals surface area (Å²) in [6.07, 6.45) is 9.98. The Morgan fingerprint density at radius 3 is 2.41 bits per heavy atom. The Kier molecular flexibility index (Phi) is 8.48. The Morgan fingerprint density at radius 2 is 1.81 bits per heavy atom. The number of carbonyl (C=O) groups excluding carboxylic acids is 3. The van der Waals surface area contributed by atoms with Gasteiger partial charge in [-0.3, -0.25) is 14.4 Å². The summed E-state index contributed by atoms with van der Waals surface area (Å²) in [6.45, 7) is 12.3. The van der Waals surface area contributed by atoms with Crippen molar-refractivity contribution in [3.05, 3.63) is 25.3 Å². The van der Waals surface area contributed by atoms with E-state index in [0.717, 1.165) is 25.7 Å². The standard InChI is InChI=1S/C29H45N3O5/c1-6-15-30(5)26(34)23-22-13-14-29(37-22)24(23)27(35)32(21(18-33)17-19(3)4)25(29)28(36)31(16-7-2)20-11-9-8-10-12-20/h6-7,19-25,33H,1-2,8-18H2,3-5H3/t21-,22-,23+,24+,25?,29?/m1/s1. The Balaban J connectivity index is 1.77. The van der Waals surface area contributed by atoms with E-state index in [1.54, 1.807) is 29.0 Å². The van der Waals surface area contributed by atoms with Gasteiger partial charge < -0.3 is 24.5 Å². The Labute approximate surface area is 221 Å². The van der Waals surface area contributed by atoms with Crippen molar-refractivity contribution in [3.8, 4) is 0 Å². The molecular weight excluding hydrogens is 470 g/mol. The van der Waals surface area contributed by atoms with E-state index < -0.39 is 29.5 Å². The van der Waals surface area contributed by atoms with Crippen molar-refractivity contribution < 1.29 is 24.2 Å². The molecule has 2 bridgehead atoms. The quantitative estimate of drug-likeness (QED) is 0.428. The lowest BCUT2D eigenvalue weighted by molar-refractivity contribution is -0.153. The first kappa shape index (κ1) is 27.8. The maximum Gasteiger partial charge on any atom is 0.248 e. The smallest absolute Gasteiger partial charge is 0.248 e. The molecule has 206 valence electrons. The summed E-state index contributed by atoms with van der Waals surface area (Å²) in [6, 6.07) is -1.27. The molecule has 8 heteroatoms. The number of fused-ring (bicyclic) bond motifs is 1. The van der Waals surface area contributed by atoms with Gasteiger partial charge in [0.1, 0.15) is 11.6 Å². The van der Waals surface area contributed by atoms with E-state index in [2.05, 4.69) is 13.2 Å². The van der Waals surface area contributed by atoms with E-state index in [9.17, 15) is 19.5 Å². The fourth-order valence-electron chi connectivity index (χ4n) is 7.51. The molecule has 2 unspecified atom stereocenters. The predicted molar refractivity (Wildman–Crippen MR) is 141 cm³/mol. The lowest BCUT2D eigenvalue weighted by Gasteiger charge is -2.42. The molecule has 1 spiro atoms. The largest absolute Gasteiger partial charge is 0.394 e. The minimum Gasteiger partial charge on any atom is -0.394 e. The number of rotatable bonds is 11. The number of nitrogens with zero attached hydrogens (tertiary/aromatic N) is 3. The molecule has 0 aromatic carbocycles. The molecule has 1 saturated carbocycles. The topological polar surface area (TPSA) is 90.4 Å². The van der Waals surface area contributed by atoms with Crippen molar-refractivity contribution in [1.82, 2.24) is 14.7 Å². The molecule has 4 fully saturated rings. The fourth-order valence-corrected chi connectivity index (χ4v) is 7.51. The zero-order chi connectivity index (χ0) is 26.9. The van der Waals surface area contributed by atoms with E-state index in [1.165, 1.54) is 6.42 Å². The third-order valence-electron chi connectivity index (χ3n) is 9.01. The molecule has 8 nitrogen and oxygen atoms in total. The molecule has 0 aromatic heterocycles. The molecule has 3 saturated heterocycles. The van der Waals surface area contributed by atoms with Gasteiger partial charge in [0, 0.05) is 26.2 Å². The second-order valence-corrected chi connectivity index (χ2v) is 11.8. The van der Waals surface area contributed by atoms with Gasteiger partial charge in [0.2, 0.25) is 17.7 Å². The highest BCUT2D eigenvalue weighted by atomic mass is 16.5. The lowest BCUT2D eigenvalue weighted by atomic mass is 9.70. The number of aliphatic hydroxyl groups excluding tert-OH is 1. The predicted octanol–water partition coefficient (Wildman–Crippen LogP) is 2.76. The maximum atomic E-state index is 14.5. The van der Waals surface area contributed by atoms with Gasteiger partial charge in [-0.2, -0.15) is 0 Å². The SMILES string of the molecule is C=CCN(C)C(=O)[C@@H]1[C@H]2C(=O)N([C@@H](CO)CC(C)C)C(C(=O)N(CC=C)C3CCCCC3)C23CC[C@H]1O3. The zero-order valence-corrected chi connectivity index (χ0v) is 22.8. The first-order valence-corrected chi connectivity index (χ1v) is 14.1. The summed E-state index contributed by atoms with van der Waals surface area (Å²) in [5, 5.41) is 10.4. The van der Waals surface area contributed by atoms with Gasteiger partial charge in [-0.15, -0.1) is 13.2 Å². The Morgan fingerprint density at radius 1 is 1.14 bits per heavy atom. The first-order chi connectivity index (χ1) is 17.7. The summed E-state index contributed by atoms with van der Waals surface area (Å²) in [5.41, 5.74) is -1.05. The number of hydrogen-bond donors (Lipinski definition) is 1. The molecule has 1 N–H and O–H groups in total. The van der Waals surface area contributed by atoms with Crippen LogP contribution >= 0.6 is 0 Å². The average Bonchev–Trinajstić information content (AvgIpc) is 3.53. The molecular formula is C29H45N3O5. The summed E-state index contributed by atoms with van der Waals surface area (Å²) in [5.74, 6) is -1.64. The van der Waals surface area contributed by atoms with Crippen molar-refractivity contribution in [1.29, 1.82) is 0 Å². The number of ether oxygens (including phenoxy) is 1. The van der Waals surface area contributed by atoms with Crippen LogP contribution in [0.2, 0.25) is 0 Å². The van der Waals surface area contributed by atoms with Gasteiger partial charge in [-0.1, -0.05) is 45.3 Å². The second-order valence-electron chi connectivity index (χ2n) is 11.8. The molecule has 4 rings (SSSR count). The molecule has 4 aliphatic rings. The number of amides is 3. The van der Waals surface area contributed by atoms with Crippen LogP contribution in [0.1, 0.15) is 65.2 Å². The highest BCUT2D eigenvalue weighted by Crippen LogP contribution is 2.59. The van der Waals surface area contributed by atoms with Gasteiger partial charge in [-0.05, 0) is 38.0 Å². The summed E-state index contributed by atoms with van der Waals surface area (Å²) in [7, 11) is 1.71. The molecule has 3 heterocycles. The molecule has 1 aliphatic carbocycles. The zero-order valence-electron chi connectivity index (χ0n) is 22.8. The minimum atomic E-state index is -1.05. The van der Waals surface area contributed by atoms with Crippen LogP contribution < -0.4 is 0 Å². The number of likely N-dealkylation sites (tertiary alicyclic amines) is 1. The fraction of sp³-hybridized carbons (Fsp3) is 0.759. The van der Waals surface area contributed by atoms with E-state index in [0.29, 0.717) is 32.4 Å². The highest BCUT2D eigenvalue weighted by Gasteiger charge is 2.75. The minimum absolute atomic E-state index is 0.0964. The number of aliphatic hydroxyl groups is 1. The Bertz CT molecular complexity index is 900. The van der Waals surface area contributed by atoms with Gasteiger partial charge in [0.05, 0.1) is 30.6 Å². The van der Waals surface area contributed by atoms with Crippen molar-refractivity contribution in [3.63, 3.8) is 0 Å². The molecule has 0 radical (unpaired) electrons. The van der Waals surface area contributed by atoms with Gasteiger partial charge in [0.15, 0.2) is 0 Å². The normalized spacial score (nSPS) is 31.9. The van der Waals surface area contributed by atoms with E-state index in [-0.39, 0.29) is 42.4 Å². The van der Waals surface area contributed by atoms with Crippen molar-refractivity contribution in [2.45, 2.75) is 95.0 Å². The second kappa shape index (κ2) is 11.3. The summed E-state index contributed by atoms with van der Waals surface area (Å²) in [4.78, 5) is 47.5. The van der Waals surface area contributed by atoms with Crippen LogP contribution in [0.15, 0.2) is 25.3 Å². The van der Waals surface area contributed by atoms with Gasteiger partial charge >= 0.3 is 0 Å². The van der Waals surface area contributed by atoms with Gasteiger partial charge in [-0.25, -0.2) is 0 Å². The van der Waals surface area contributed by atoms with Crippen LogP contribution in [-0.2, 0) is 19.1 Å². The highest BCUT2D eigenvalue weighted by molar-refractivity contribution is 5.99. The summed E-state index contributed by atoms with van der Waals surface area (Å²) < 4.78 is 6.60. The molecule has 0 aromatic rings. The van der Waals surface area contributed by atoms with Crippen LogP contribution in [0.25, 0.3) is 0 Å². The number of likely N-dealkylation sites (N-methyl/N-ethyl adjacent to an activating group) is 1.